The summed E-state index contributed by atoms with van der Waals surface area (Å²) in [5, 5.41) is 19.6. The van der Waals surface area contributed by atoms with E-state index in [1.54, 1.807) is 12.1 Å². The summed E-state index contributed by atoms with van der Waals surface area (Å²) in [4.78, 5) is 25.2. The Balaban J connectivity index is 2.50. The molecule has 88 valence electrons. The van der Waals surface area contributed by atoms with Gasteiger partial charge in [-0.1, -0.05) is 0 Å². The van der Waals surface area contributed by atoms with Gasteiger partial charge >= 0.3 is 11.7 Å². The van der Waals surface area contributed by atoms with Crippen LogP contribution in [0.25, 0.3) is 10.2 Å². The maximum Gasteiger partial charge on any atom is 0.313 e. The first-order chi connectivity index (χ1) is 8.09. The number of rotatable bonds is 4. The number of thiazole rings is 1. The summed E-state index contributed by atoms with van der Waals surface area (Å²) in [6.07, 6.45) is 0. The van der Waals surface area contributed by atoms with E-state index < -0.39 is 10.9 Å². The number of fused-ring (bicyclic) bond motifs is 1. The summed E-state index contributed by atoms with van der Waals surface area (Å²) >= 11 is 2.24. The van der Waals surface area contributed by atoms with Crippen LogP contribution in [0.2, 0.25) is 0 Å². The first-order valence-corrected chi connectivity index (χ1v) is 6.31. The van der Waals surface area contributed by atoms with E-state index in [-0.39, 0.29) is 11.4 Å². The normalized spacial score (nSPS) is 10.6. The molecule has 0 bridgehead atoms. The number of hydrogen-bond acceptors (Lipinski definition) is 6. The van der Waals surface area contributed by atoms with Gasteiger partial charge in [0.1, 0.15) is 0 Å². The third-order valence-electron chi connectivity index (χ3n) is 1.97. The first kappa shape index (κ1) is 11.8. The fraction of sp³-hybridized carbons (Fsp3) is 0.111. The number of nitrogens with zero attached hydrogens (tertiary/aromatic N) is 2. The van der Waals surface area contributed by atoms with Gasteiger partial charge in [-0.05, 0) is 12.1 Å². The molecule has 0 saturated carbocycles. The number of carboxylic acids is 1. The number of carbonyl (C=O) groups is 1. The van der Waals surface area contributed by atoms with Crippen LogP contribution in [0.15, 0.2) is 22.5 Å². The van der Waals surface area contributed by atoms with E-state index in [0.717, 1.165) is 16.5 Å². The van der Waals surface area contributed by atoms with Crippen LogP contribution in [-0.4, -0.2) is 26.7 Å². The molecule has 6 nitrogen and oxygen atoms in total. The van der Waals surface area contributed by atoms with Crippen molar-refractivity contribution in [1.82, 2.24) is 4.98 Å². The topological polar surface area (TPSA) is 93.3 Å². The van der Waals surface area contributed by atoms with Gasteiger partial charge in [0.15, 0.2) is 5.52 Å². The second-order valence-electron chi connectivity index (χ2n) is 3.05. The summed E-state index contributed by atoms with van der Waals surface area (Å²) in [5.74, 6) is -1.22. The highest BCUT2D eigenvalue weighted by Gasteiger charge is 2.21. The quantitative estimate of drug-likeness (QED) is 0.521. The molecule has 0 saturated heterocycles. The third-order valence-corrected chi connectivity index (χ3v) is 3.80. The van der Waals surface area contributed by atoms with E-state index in [9.17, 15) is 14.9 Å². The first-order valence-electron chi connectivity index (χ1n) is 4.45. The molecule has 2 rings (SSSR count). The molecule has 1 aromatic carbocycles. The Kier molecular flexibility index (Phi) is 3.25. The maximum atomic E-state index is 11.0. The van der Waals surface area contributed by atoms with Crippen molar-refractivity contribution in [3.8, 4) is 0 Å². The van der Waals surface area contributed by atoms with Crippen molar-refractivity contribution in [2.75, 3.05) is 5.75 Å². The monoisotopic (exact) mass is 270 g/mol. The Morgan fingerprint density at radius 1 is 1.59 bits per heavy atom. The minimum atomic E-state index is -1.01. The van der Waals surface area contributed by atoms with Crippen molar-refractivity contribution in [2.24, 2.45) is 0 Å². The third kappa shape index (κ3) is 2.37. The van der Waals surface area contributed by atoms with Crippen LogP contribution in [0.1, 0.15) is 0 Å². The Hall–Kier alpha value is -1.67. The molecule has 2 aromatic rings. The van der Waals surface area contributed by atoms with Crippen molar-refractivity contribution < 1.29 is 14.8 Å². The second kappa shape index (κ2) is 4.68. The van der Waals surface area contributed by atoms with Crippen molar-refractivity contribution in [1.29, 1.82) is 0 Å². The molecule has 0 aliphatic carbocycles. The minimum Gasteiger partial charge on any atom is -0.481 e. The van der Waals surface area contributed by atoms with Gasteiger partial charge in [-0.3, -0.25) is 14.9 Å². The fourth-order valence-electron chi connectivity index (χ4n) is 1.33. The largest absolute Gasteiger partial charge is 0.481 e. The zero-order valence-electron chi connectivity index (χ0n) is 8.32. The highest BCUT2D eigenvalue weighted by atomic mass is 32.2. The molecular formula is C9H6N2O4S2. The summed E-state index contributed by atoms with van der Waals surface area (Å²) in [5.41, 5.74) is 1.73. The lowest BCUT2D eigenvalue weighted by atomic mass is 10.3. The van der Waals surface area contributed by atoms with Crippen LogP contribution < -0.4 is 0 Å². The molecule has 1 aromatic heterocycles. The van der Waals surface area contributed by atoms with E-state index in [2.05, 4.69) is 4.98 Å². The van der Waals surface area contributed by atoms with E-state index in [1.807, 2.05) is 0 Å². The molecule has 1 N–H and O–H groups in total. The minimum absolute atomic E-state index is 0.116. The van der Waals surface area contributed by atoms with Gasteiger partial charge in [0, 0.05) is 0 Å². The predicted molar refractivity (Wildman–Crippen MR) is 64.6 cm³/mol. The standard InChI is InChI=1S/C9H6N2O4S2/c12-7(13)3-16-6-2-1-5-8(10-4-17-5)9(6)11(14)15/h1-2,4H,3H2,(H,12,13). The molecule has 17 heavy (non-hydrogen) atoms. The number of hydrogen-bond donors (Lipinski definition) is 1. The summed E-state index contributed by atoms with van der Waals surface area (Å²) in [6, 6.07) is 3.27. The van der Waals surface area contributed by atoms with E-state index in [1.165, 1.54) is 16.8 Å². The molecule has 8 heteroatoms. The lowest BCUT2D eigenvalue weighted by Gasteiger charge is -2.01. The molecule has 0 aliphatic heterocycles. The number of benzene rings is 1. The van der Waals surface area contributed by atoms with Crippen LogP contribution in [0.3, 0.4) is 0 Å². The van der Waals surface area contributed by atoms with Crippen LogP contribution in [0, 0.1) is 10.1 Å². The number of nitro groups is 1. The Morgan fingerprint density at radius 3 is 3.00 bits per heavy atom. The SMILES string of the molecule is O=C(O)CSc1ccc2scnc2c1[N+](=O)[O-]. The van der Waals surface area contributed by atoms with Crippen LogP contribution in [0.4, 0.5) is 5.69 Å². The number of aromatic nitrogens is 1. The number of thioether (sulfide) groups is 1. The lowest BCUT2D eigenvalue weighted by molar-refractivity contribution is -0.386. The van der Waals surface area contributed by atoms with E-state index in [0.29, 0.717) is 10.4 Å². The van der Waals surface area contributed by atoms with Gasteiger partial charge in [-0.2, -0.15) is 0 Å². The van der Waals surface area contributed by atoms with Gasteiger partial charge in [0.2, 0.25) is 0 Å². The molecule has 0 amide bonds. The molecule has 0 atom stereocenters. The fourth-order valence-corrected chi connectivity index (χ4v) is 2.76. The molecule has 1 heterocycles. The van der Waals surface area contributed by atoms with Crippen molar-refractivity contribution in [3.63, 3.8) is 0 Å². The van der Waals surface area contributed by atoms with Gasteiger partial charge in [-0.15, -0.1) is 23.1 Å². The zero-order chi connectivity index (χ0) is 12.4. The molecule has 0 unspecified atom stereocenters. The Bertz CT molecular complexity index is 596. The lowest BCUT2D eigenvalue weighted by Crippen LogP contribution is -1.99. The molecular weight excluding hydrogens is 264 g/mol. The highest BCUT2D eigenvalue weighted by Crippen LogP contribution is 2.36. The van der Waals surface area contributed by atoms with Gasteiger partial charge < -0.3 is 5.11 Å². The summed E-state index contributed by atoms with van der Waals surface area (Å²) in [7, 11) is 0. The van der Waals surface area contributed by atoms with E-state index in [4.69, 9.17) is 5.11 Å². The van der Waals surface area contributed by atoms with Crippen molar-refractivity contribution in [2.45, 2.75) is 4.90 Å². The van der Waals surface area contributed by atoms with Crippen molar-refractivity contribution in [3.05, 3.63) is 27.8 Å². The second-order valence-corrected chi connectivity index (χ2v) is 4.95. The molecule has 0 aliphatic rings. The zero-order valence-corrected chi connectivity index (χ0v) is 9.96. The Labute approximate surface area is 103 Å². The number of nitro benzene ring substituents is 1. The summed E-state index contributed by atoms with van der Waals surface area (Å²) < 4.78 is 0.719. The average Bonchev–Trinajstić information content (AvgIpc) is 2.72. The van der Waals surface area contributed by atoms with Gasteiger partial charge in [0.25, 0.3) is 0 Å². The van der Waals surface area contributed by atoms with Gasteiger partial charge in [0.05, 0.1) is 25.8 Å². The predicted octanol–water partition coefficient (Wildman–Crippen LogP) is 2.38. The maximum absolute atomic E-state index is 11.0. The van der Waals surface area contributed by atoms with Crippen molar-refractivity contribution >= 4 is 45.0 Å². The van der Waals surface area contributed by atoms with Crippen LogP contribution in [-0.2, 0) is 4.79 Å². The highest BCUT2D eigenvalue weighted by molar-refractivity contribution is 8.00. The molecule has 0 radical (unpaired) electrons. The molecule has 0 spiro atoms. The number of aliphatic carboxylic acids is 1. The summed E-state index contributed by atoms with van der Waals surface area (Å²) in [6.45, 7) is 0. The molecule has 0 fully saturated rings. The Morgan fingerprint density at radius 2 is 2.35 bits per heavy atom. The van der Waals surface area contributed by atoms with Crippen LogP contribution in [0.5, 0.6) is 0 Å². The van der Waals surface area contributed by atoms with Gasteiger partial charge in [-0.25, -0.2) is 4.98 Å². The average molecular weight is 270 g/mol. The smallest absolute Gasteiger partial charge is 0.313 e. The van der Waals surface area contributed by atoms with E-state index >= 15 is 0 Å². The number of carboxylic acid groups (broad SMARTS) is 1. The van der Waals surface area contributed by atoms with Crippen LogP contribution >= 0.6 is 23.1 Å².